The number of hydrogen-bond donors (Lipinski definition) is 2. The smallest absolute Gasteiger partial charge is 0.398 e. The number of pyridine rings is 1. The van der Waals surface area contributed by atoms with E-state index in [1.807, 2.05) is 0 Å². The molecule has 0 amide bonds. The number of nitrogens with two attached hydrogens (primary N) is 1. The van der Waals surface area contributed by atoms with Crippen molar-refractivity contribution in [1.29, 1.82) is 0 Å². The van der Waals surface area contributed by atoms with Crippen LogP contribution in [0.25, 0.3) is 0 Å². The third-order valence-electron chi connectivity index (χ3n) is 4.61. The molecule has 0 aliphatic rings. The molecule has 0 spiro atoms. The summed E-state index contributed by atoms with van der Waals surface area (Å²) in [5.74, 6) is -0.719. The average Bonchev–Trinajstić information content (AvgIpc) is 2.77. The molecule has 0 aliphatic carbocycles. The van der Waals surface area contributed by atoms with E-state index >= 15 is 0 Å². The molecule has 3 aromatic rings. The van der Waals surface area contributed by atoms with E-state index < -0.39 is 43.6 Å². The highest BCUT2D eigenvalue weighted by atomic mass is 35.5. The number of aromatic nitrogens is 1. The van der Waals surface area contributed by atoms with Crippen LogP contribution in [0.15, 0.2) is 59.6 Å². The lowest BCUT2D eigenvalue weighted by molar-refractivity contribution is -0.139. The SMILES string of the molecule is COC(Cl)c1ccc(S(=O)(=O)Nc2cc(Cl)cnc2C(=O)c2ccccc2N)cc1C(F)(F)F. The second-order valence-electron chi connectivity index (χ2n) is 6.87. The van der Waals surface area contributed by atoms with Crippen LogP contribution in [0.5, 0.6) is 0 Å². The summed E-state index contributed by atoms with van der Waals surface area (Å²) >= 11 is 11.7. The fourth-order valence-electron chi connectivity index (χ4n) is 3.01. The van der Waals surface area contributed by atoms with E-state index in [-0.39, 0.29) is 27.7 Å². The van der Waals surface area contributed by atoms with Crippen LogP contribution in [0, 0.1) is 0 Å². The highest BCUT2D eigenvalue weighted by molar-refractivity contribution is 7.92. The number of carbonyl (C=O) groups excluding carboxylic acids is 1. The van der Waals surface area contributed by atoms with Crippen LogP contribution in [0.2, 0.25) is 5.02 Å². The lowest BCUT2D eigenvalue weighted by atomic mass is 10.0. The summed E-state index contributed by atoms with van der Waals surface area (Å²) in [7, 11) is -3.52. The lowest BCUT2D eigenvalue weighted by Crippen LogP contribution is -2.19. The number of ether oxygens (including phenoxy) is 1. The van der Waals surface area contributed by atoms with Crippen LogP contribution < -0.4 is 10.5 Å². The van der Waals surface area contributed by atoms with Crippen molar-refractivity contribution in [2.45, 2.75) is 16.6 Å². The Kier molecular flexibility index (Phi) is 7.41. The third-order valence-corrected chi connectivity index (χ3v) is 6.59. The Morgan fingerprint density at radius 2 is 1.85 bits per heavy atom. The van der Waals surface area contributed by atoms with Gasteiger partial charge >= 0.3 is 6.18 Å². The van der Waals surface area contributed by atoms with Gasteiger partial charge in [0.15, 0.2) is 5.56 Å². The number of anilines is 2. The predicted molar refractivity (Wildman–Crippen MR) is 121 cm³/mol. The summed E-state index contributed by atoms with van der Waals surface area (Å²) in [5, 5.41) is -0.0216. The summed E-state index contributed by atoms with van der Waals surface area (Å²) in [4.78, 5) is 16.1. The molecule has 1 atom stereocenters. The van der Waals surface area contributed by atoms with Gasteiger partial charge in [-0.05, 0) is 30.3 Å². The molecule has 0 saturated carbocycles. The fourth-order valence-corrected chi connectivity index (χ4v) is 4.44. The van der Waals surface area contributed by atoms with Gasteiger partial charge in [-0.25, -0.2) is 13.4 Å². The molecule has 7 nitrogen and oxygen atoms in total. The topological polar surface area (TPSA) is 111 Å². The Morgan fingerprint density at radius 1 is 1.18 bits per heavy atom. The molecule has 0 saturated heterocycles. The zero-order valence-electron chi connectivity index (χ0n) is 17.2. The molecule has 0 fully saturated rings. The van der Waals surface area contributed by atoms with E-state index in [1.165, 1.54) is 12.1 Å². The van der Waals surface area contributed by atoms with Crippen LogP contribution in [-0.4, -0.2) is 26.3 Å². The van der Waals surface area contributed by atoms with Gasteiger partial charge in [-0.15, -0.1) is 0 Å². The van der Waals surface area contributed by atoms with Gasteiger partial charge in [0.25, 0.3) is 10.0 Å². The summed E-state index contributed by atoms with van der Waals surface area (Å²) in [6.45, 7) is 0. The van der Waals surface area contributed by atoms with E-state index in [2.05, 4.69) is 9.71 Å². The molecule has 180 valence electrons. The standard InChI is InChI=1S/C21H16Cl2F3N3O4S/c1-33-20(23)13-7-6-12(9-15(13)21(24,25)26)34(31,32)29-17-8-11(22)10-28-18(17)19(30)14-4-2-3-5-16(14)27/h2-10,20,29H,27H2,1H3. The van der Waals surface area contributed by atoms with Gasteiger partial charge in [0, 0.05) is 30.1 Å². The van der Waals surface area contributed by atoms with Crippen LogP contribution in [-0.2, 0) is 20.9 Å². The monoisotopic (exact) mass is 533 g/mol. The van der Waals surface area contributed by atoms with E-state index in [4.69, 9.17) is 33.7 Å². The molecular weight excluding hydrogens is 518 g/mol. The van der Waals surface area contributed by atoms with Crippen molar-refractivity contribution in [1.82, 2.24) is 4.98 Å². The highest BCUT2D eigenvalue weighted by Crippen LogP contribution is 2.38. The zero-order valence-corrected chi connectivity index (χ0v) is 19.6. The second-order valence-corrected chi connectivity index (χ2v) is 9.39. The van der Waals surface area contributed by atoms with Gasteiger partial charge in [-0.3, -0.25) is 9.52 Å². The summed E-state index contributed by atoms with van der Waals surface area (Å²) < 4.78 is 73.5. The average molecular weight is 534 g/mol. The van der Waals surface area contributed by atoms with Crippen molar-refractivity contribution in [3.8, 4) is 0 Å². The molecule has 2 aromatic carbocycles. The first-order valence-electron chi connectivity index (χ1n) is 9.30. The van der Waals surface area contributed by atoms with Gasteiger partial charge in [-0.1, -0.05) is 41.4 Å². The zero-order chi connectivity index (χ0) is 25.3. The lowest BCUT2D eigenvalue weighted by Gasteiger charge is -2.18. The predicted octanol–water partition coefficient (Wildman–Crippen LogP) is 5.25. The number of nitrogen functional groups attached to an aromatic ring is 1. The first kappa shape index (κ1) is 25.8. The minimum atomic E-state index is -4.92. The second kappa shape index (κ2) is 9.79. The van der Waals surface area contributed by atoms with Crippen molar-refractivity contribution < 1.29 is 31.1 Å². The Hall–Kier alpha value is -2.86. The molecule has 0 aliphatic heterocycles. The number of hydrogen-bond acceptors (Lipinski definition) is 6. The van der Waals surface area contributed by atoms with Gasteiger partial charge < -0.3 is 10.5 Å². The van der Waals surface area contributed by atoms with Crippen LogP contribution in [0.1, 0.15) is 32.7 Å². The molecule has 1 aromatic heterocycles. The normalized spacial score (nSPS) is 12.9. The Bertz CT molecular complexity index is 1350. The molecule has 3 N–H and O–H groups in total. The Morgan fingerprint density at radius 3 is 2.47 bits per heavy atom. The Balaban J connectivity index is 2.07. The minimum absolute atomic E-state index is 0.0216. The maximum Gasteiger partial charge on any atom is 0.416 e. The van der Waals surface area contributed by atoms with E-state index in [0.29, 0.717) is 6.07 Å². The van der Waals surface area contributed by atoms with Gasteiger partial charge in [-0.2, -0.15) is 13.2 Å². The Labute approximate surface area is 202 Å². The number of rotatable bonds is 7. The maximum atomic E-state index is 13.6. The van der Waals surface area contributed by atoms with Crippen molar-refractivity contribution in [2.75, 3.05) is 17.6 Å². The van der Waals surface area contributed by atoms with Crippen molar-refractivity contribution in [2.24, 2.45) is 0 Å². The number of alkyl halides is 4. The number of sulfonamides is 1. The van der Waals surface area contributed by atoms with Crippen molar-refractivity contribution in [3.63, 3.8) is 0 Å². The van der Waals surface area contributed by atoms with Crippen molar-refractivity contribution in [3.05, 3.63) is 82.1 Å². The number of carbonyl (C=O) groups is 1. The molecule has 3 rings (SSSR count). The van der Waals surface area contributed by atoms with Crippen LogP contribution >= 0.6 is 23.2 Å². The molecule has 1 heterocycles. The van der Waals surface area contributed by atoms with E-state index in [1.54, 1.807) is 12.1 Å². The number of ketones is 1. The fraction of sp³-hybridized carbons (Fsp3) is 0.143. The number of nitrogens with zero attached hydrogens (tertiary/aromatic N) is 1. The van der Waals surface area contributed by atoms with E-state index in [0.717, 1.165) is 31.5 Å². The number of nitrogens with one attached hydrogen (secondary N) is 1. The number of methoxy groups -OCH3 is 1. The van der Waals surface area contributed by atoms with Crippen molar-refractivity contribution >= 4 is 50.4 Å². The number of halogens is 5. The van der Waals surface area contributed by atoms with Gasteiger partial charge in [0.1, 0.15) is 5.69 Å². The minimum Gasteiger partial charge on any atom is -0.398 e. The van der Waals surface area contributed by atoms with Gasteiger partial charge in [0.05, 0.1) is 21.2 Å². The largest absolute Gasteiger partial charge is 0.416 e. The van der Waals surface area contributed by atoms with Crippen LogP contribution in [0.3, 0.4) is 0 Å². The molecule has 0 bridgehead atoms. The summed E-state index contributed by atoms with van der Waals surface area (Å²) in [6.07, 6.45) is -3.80. The molecule has 34 heavy (non-hydrogen) atoms. The van der Waals surface area contributed by atoms with Gasteiger partial charge in [0.2, 0.25) is 5.78 Å². The summed E-state index contributed by atoms with van der Waals surface area (Å²) in [6, 6.07) is 9.38. The third kappa shape index (κ3) is 5.44. The maximum absolute atomic E-state index is 13.6. The number of para-hydroxylation sites is 1. The molecule has 1 unspecified atom stereocenters. The molecule has 0 radical (unpaired) electrons. The highest BCUT2D eigenvalue weighted by Gasteiger charge is 2.36. The summed E-state index contributed by atoms with van der Waals surface area (Å²) in [5.41, 5.74) is 2.09. The van der Waals surface area contributed by atoms with E-state index in [9.17, 15) is 26.4 Å². The quantitative estimate of drug-likeness (QED) is 0.243. The first-order chi connectivity index (χ1) is 15.8. The molecule has 13 heteroatoms. The first-order valence-corrected chi connectivity index (χ1v) is 11.6. The molecular formula is C21H16Cl2F3N3O4S. The number of benzene rings is 2. The van der Waals surface area contributed by atoms with Crippen LogP contribution in [0.4, 0.5) is 24.5 Å².